The van der Waals surface area contributed by atoms with Crippen LogP contribution in [0.3, 0.4) is 0 Å². The first kappa shape index (κ1) is 15.4. The van der Waals surface area contributed by atoms with Crippen LogP contribution in [0.1, 0.15) is 62.5 Å². The van der Waals surface area contributed by atoms with Crippen LogP contribution >= 0.6 is 11.6 Å². The molecule has 0 amide bonds. The minimum Gasteiger partial charge on any atom is -0.494 e. The average molecular weight is 269 g/mol. The molecule has 0 N–H and O–H groups in total. The Labute approximate surface area is 116 Å². The van der Waals surface area contributed by atoms with E-state index in [1.54, 1.807) is 0 Å². The highest BCUT2D eigenvalue weighted by molar-refractivity contribution is 6.21. The summed E-state index contributed by atoms with van der Waals surface area (Å²) < 4.78 is 5.66. The molecule has 0 saturated carbocycles. The van der Waals surface area contributed by atoms with Crippen molar-refractivity contribution in [2.45, 2.75) is 58.3 Å². The van der Waals surface area contributed by atoms with E-state index in [-0.39, 0.29) is 5.38 Å². The van der Waals surface area contributed by atoms with Crippen molar-refractivity contribution >= 4 is 11.6 Å². The molecule has 0 fully saturated rings. The van der Waals surface area contributed by atoms with Gasteiger partial charge in [-0.15, -0.1) is 11.6 Å². The molecule has 0 bridgehead atoms. The first-order valence-electron chi connectivity index (χ1n) is 7.06. The van der Waals surface area contributed by atoms with Crippen molar-refractivity contribution in [2.24, 2.45) is 0 Å². The Balaban J connectivity index is 2.64. The van der Waals surface area contributed by atoms with Crippen molar-refractivity contribution in [2.75, 3.05) is 6.61 Å². The summed E-state index contributed by atoms with van der Waals surface area (Å²) in [5.41, 5.74) is 2.39. The lowest BCUT2D eigenvalue weighted by Crippen LogP contribution is -2.00. The molecule has 1 unspecified atom stereocenters. The van der Waals surface area contributed by atoms with E-state index in [4.69, 9.17) is 16.3 Å². The summed E-state index contributed by atoms with van der Waals surface area (Å²) in [6.07, 6.45) is 6.07. The molecule has 0 saturated heterocycles. The predicted octanol–water partition coefficient (Wildman–Crippen LogP) is 5.64. The molecule has 0 aliphatic rings. The maximum Gasteiger partial charge on any atom is 0.123 e. The van der Waals surface area contributed by atoms with Crippen LogP contribution < -0.4 is 4.74 Å². The van der Waals surface area contributed by atoms with Gasteiger partial charge in [-0.1, -0.05) is 50.3 Å². The Morgan fingerprint density at radius 1 is 1.17 bits per heavy atom. The third kappa shape index (κ3) is 4.89. The number of ether oxygens (including phenoxy) is 1. The zero-order valence-electron chi connectivity index (χ0n) is 11.8. The van der Waals surface area contributed by atoms with Crippen LogP contribution in [0.15, 0.2) is 18.2 Å². The Bertz CT molecular complexity index is 349. The molecule has 2 heteroatoms. The Kier molecular flexibility index (Phi) is 7.19. The van der Waals surface area contributed by atoms with Crippen molar-refractivity contribution in [1.82, 2.24) is 0 Å². The molecule has 0 heterocycles. The highest BCUT2D eigenvalue weighted by Gasteiger charge is 2.13. The Hall–Kier alpha value is -0.690. The topological polar surface area (TPSA) is 9.23 Å². The molecule has 1 aromatic carbocycles. The SMILES string of the molecule is CCCCCCC(Cl)c1cc(C)ccc1OCC. The maximum atomic E-state index is 6.52. The monoisotopic (exact) mass is 268 g/mol. The lowest BCUT2D eigenvalue weighted by Gasteiger charge is -2.15. The molecule has 0 radical (unpaired) electrons. The second-order valence-corrected chi connectivity index (χ2v) is 5.32. The van der Waals surface area contributed by atoms with E-state index in [0.29, 0.717) is 6.61 Å². The van der Waals surface area contributed by atoms with Gasteiger partial charge in [0.05, 0.1) is 12.0 Å². The van der Waals surface area contributed by atoms with E-state index in [1.165, 1.54) is 31.2 Å². The van der Waals surface area contributed by atoms with Crippen LogP contribution in [0.25, 0.3) is 0 Å². The molecule has 0 aromatic heterocycles. The molecule has 102 valence electrons. The summed E-state index contributed by atoms with van der Waals surface area (Å²) >= 11 is 6.52. The summed E-state index contributed by atoms with van der Waals surface area (Å²) in [6, 6.07) is 6.27. The van der Waals surface area contributed by atoms with Crippen LogP contribution in [0.4, 0.5) is 0 Å². The highest BCUT2D eigenvalue weighted by atomic mass is 35.5. The first-order valence-corrected chi connectivity index (χ1v) is 7.50. The molecular weight excluding hydrogens is 244 g/mol. The second kappa shape index (κ2) is 8.42. The zero-order chi connectivity index (χ0) is 13.4. The molecule has 0 aliphatic heterocycles. The van der Waals surface area contributed by atoms with Crippen molar-refractivity contribution in [3.63, 3.8) is 0 Å². The fraction of sp³-hybridized carbons (Fsp3) is 0.625. The lowest BCUT2D eigenvalue weighted by atomic mass is 10.0. The van der Waals surface area contributed by atoms with Gasteiger partial charge in [-0.25, -0.2) is 0 Å². The van der Waals surface area contributed by atoms with Gasteiger partial charge >= 0.3 is 0 Å². The van der Waals surface area contributed by atoms with Crippen LogP contribution in [-0.4, -0.2) is 6.61 Å². The lowest BCUT2D eigenvalue weighted by molar-refractivity contribution is 0.335. The average Bonchev–Trinajstić information content (AvgIpc) is 2.37. The molecule has 1 atom stereocenters. The number of unbranched alkanes of at least 4 members (excludes halogenated alkanes) is 3. The van der Waals surface area contributed by atoms with Gasteiger partial charge in [0.15, 0.2) is 0 Å². The summed E-state index contributed by atoms with van der Waals surface area (Å²) in [6.45, 7) is 7.02. The maximum absolute atomic E-state index is 6.52. The fourth-order valence-corrected chi connectivity index (χ4v) is 2.43. The standard InChI is InChI=1S/C16H25ClO/c1-4-6-7-8-9-15(17)14-12-13(3)10-11-16(14)18-5-2/h10-12,15H,4-9H2,1-3H3. The molecule has 0 spiro atoms. The van der Waals surface area contributed by atoms with Crippen molar-refractivity contribution in [1.29, 1.82) is 0 Å². The quantitative estimate of drug-likeness (QED) is 0.438. The van der Waals surface area contributed by atoms with Gasteiger partial charge in [-0.05, 0) is 26.3 Å². The van der Waals surface area contributed by atoms with Crippen LogP contribution in [0, 0.1) is 6.92 Å². The van der Waals surface area contributed by atoms with Crippen molar-refractivity contribution in [3.05, 3.63) is 29.3 Å². The molecule has 1 nitrogen and oxygen atoms in total. The van der Waals surface area contributed by atoms with E-state index < -0.39 is 0 Å². The van der Waals surface area contributed by atoms with E-state index >= 15 is 0 Å². The normalized spacial score (nSPS) is 12.4. The second-order valence-electron chi connectivity index (χ2n) is 4.79. The van der Waals surface area contributed by atoms with Gasteiger partial charge in [0.2, 0.25) is 0 Å². The summed E-state index contributed by atoms with van der Waals surface area (Å²) in [5, 5.41) is 0.0725. The van der Waals surface area contributed by atoms with Gasteiger partial charge in [0.25, 0.3) is 0 Å². The first-order chi connectivity index (χ1) is 8.69. The third-order valence-corrected chi connectivity index (χ3v) is 3.57. The largest absolute Gasteiger partial charge is 0.494 e. The van der Waals surface area contributed by atoms with Gasteiger partial charge in [-0.2, -0.15) is 0 Å². The smallest absolute Gasteiger partial charge is 0.123 e. The summed E-state index contributed by atoms with van der Waals surface area (Å²) in [7, 11) is 0. The third-order valence-electron chi connectivity index (χ3n) is 3.11. The molecule has 1 aromatic rings. The van der Waals surface area contributed by atoms with Gasteiger partial charge in [0.1, 0.15) is 5.75 Å². The van der Waals surface area contributed by atoms with E-state index in [9.17, 15) is 0 Å². The zero-order valence-corrected chi connectivity index (χ0v) is 12.6. The number of hydrogen-bond donors (Lipinski definition) is 0. The van der Waals surface area contributed by atoms with Crippen molar-refractivity contribution < 1.29 is 4.74 Å². The molecule has 0 aliphatic carbocycles. The Morgan fingerprint density at radius 3 is 2.61 bits per heavy atom. The van der Waals surface area contributed by atoms with Crippen LogP contribution in [0.5, 0.6) is 5.75 Å². The van der Waals surface area contributed by atoms with E-state index in [1.807, 2.05) is 13.0 Å². The number of aryl methyl sites for hydroxylation is 1. The number of alkyl halides is 1. The predicted molar refractivity (Wildman–Crippen MR) is 79.7 cm³/mol. The van der Waals surface area contributed by atoms with Gasteiger partial charge in [0, 0.05) is 5.56 Å². The molecule has 18 heavy (non-hydrogen) atoms. The summed E-state index contributed by atoms with van der Waals surface area (Å²) in [5.74, 6) is 0.943. The van der Waals surface area contributed by atoms with E-state index in [2.05, 4.69) is 26.0 Å². The van der Waals surface area contributed by atoms with Crippen molar-refractivity contribution in [3.8, 4) is 5.75 Å². The number of benzene rings is 1. The molecular formula is C16H25ClO. The van der Waals surface area contributed by atoms with Crippen LogP contribution in [-0.2, 0) is 0 Å². The summed E-state index contributed by atoms with van der Waals surface area (Å²) in [4.78, 5) is 0. The number of hydrogen-bond acceptors (Lipinski definition) is 1. The van der Waals surface area contributed by atoms with Gasteiger partial charge < -0.3 is 4.74 Å². The number of halogens is 1. The van der Waals surface area contributed by atoms with Crippen LogP contribution in [0.2, 0.25) is 0 Å². The minimum atomic E-state index is 0.0725. The van der Waals surface area contributed by atoms with Gasteiger partial charge in [-0.3, -0.25) is 0 Å². The minimum absolute atomic E-state index is 0.0725. The van der Waals surface area contributed by atoms with E-state index in [0.717, 1.165) is 17.7 Å². The highest BCUT2D eigenvalue weighted by Crippen LogP contribution is 2.34. The number of rotatable bonds is 8. The fourth-order valence-electron chi connectivity index (χ4n) is 2.11. The Morgan fingerprint density at radius 2 is 1.94 bits per heavy atom. The molecule has 1 rings (SSSR count).